The number of carbonyl (C=O) groups is 1. The maximum Gasteiger partial charge on any atom is 0.317 e. The Kier molecular flexibility index (Phi) is 14.4. The molecule has 0 atom stereocenters. The van der Waals surface area contributed by atoms with Crippen LogP contribution in [-0.4, -0.2) is 42.6 Å². The number of hydrogen-bond donors (Lipinski definition) is 0. The summed E-state index contributed by atoms with van der Waals surface area (Å²) in [7, 11) is -3.11. The number of ether oxygens (including phenoxy) is 6. The fraction of sp³-hybridized carbons (Fsp3) is 0.525. The standard InChI is InChI=1S/C40H58O8S/c1-14-18-38(41)48-49(33-19-16-15-17-20-33,39-34(44-27(6)7)21-31(42-25(2)3)22-35(39)45-28(8)9)40-36(46-29(10)11)23-32(43-26(4)5)24-37(40)47-30(12)13/h15-17,19-30H,14,18H2,1-13H3. The number of benzene rings is 3. The summed E-state index contributed by atoms with van der Waals surface area (Å²) in [5.74, 6) is 2.67. The van der Waals surface area contributed by atoms with E-state index in [0.717, 1.165) is 4.90 Å². The highest BCUT2D eigenvalue weighted by Crippen LogP contribution is 2.77. The molecule has 49 heavy (non-hydrogen) atoms. The van der Waals surface area contributed by atoms with Gasteiger partial charge in [-0.1, -0.05) is 25.1 Å². The van der Waals surface area contributed by atoms with Crippen LogP contribution in [0, 0.1) is 0 Å². The van der Waals surface area contributed by atoms with Gasteiger partial charge in [0.25, 0.3) is 0 Å². The molecule has 0 amide bonds. The predicted molar refractivity (Wildman–Crippen MR) is 197 cm³/mol. The normalized spacial score (nSPS) is 12.2. The van der Waals surface area contributed by atoms with Crippen LogP contribution in [0.25, 0.3) is 0 Å². The molecule has 0 spiro atoms. The molecular weight excluding hydrogens is 640 g/mol. The fourth-order valence-corrected chi connectivity index (χ4v) is 8.59. The van der Waals surface area contributed by atoms with Crippen LogP contribution in [0.1, 0.15) is 103 Å². The van der Waals surface area contributed by atoms with Crippen molar-refractivity contribution in [2.75, 3.05) is 0 Å². The van der Waals surface area contributed by atoms with Gasteiger partial charge in [-0.05, 0) is 102 Å². The summed E-state index contributed by atoms with van der Waals surface area (Å²) in [5.41, 5.74) is 0. The van der Waals surface area contributed by atoms with Gasteiger partial charge in [0.2, 0.25) is 0 Å². The molecule has 3 rings (SSSR count). The Morgan fingerprint density at radius 1 is 0.531 bits per heavy atom. The van der Waals surface area contributed by atoms with Gasteiger partial charge < -0.3 is 32.6 Å². The quantitative estimate of drug-likeness (QED) is 0.130. The zero-order valence-electron chi connectivity index (χ0n) is 31.7. The third kappa shape index (κ3) is 10.6. The molecule has 0 heterocycles. The van der Waals surface area contributed by atoms with Crippen molar-refractivity contribution in [2.45, 2.75) is 154 Å². The summed E-state index contributed by atoms with van der Waals surface area (Å²) < 4.78 is 46.1. The minimum absolute atomic E-state index is 0.108. The molecule has 3 aromatic rings. The van der Waals surface area contributed by atoms with Crippen LogP contribution in [0.3, 0.4) is 0 Å². The molecule has 0 radical (unpaired) electrons. The van der Waals surface area contributed by atoms with Crippen molar-refractivity contribution >= 4 is 16.3 Å². The lowest BCUT2D eigenvalue weighted by atomic mass is 10.2. The first-order valence-electron chi connectivity index (χ1n) is 17.5. The van der Waals surface area contributed by atoms with Gasteiger partial charge in [-0.2, -0.15) is 0 Å². The van der Waals surface area contributed by atoms with Crippen molar-refractivity contribution in [1.82, 2.24) is 0 Å². The van der Waals surface area contributed by atoms with Gasteiger partial charge in [0, 0.05) is 45.9 Å². The molecule has 8 nitrogen and oxygen atoms in total. The lowest BCUT2D eigenvalue weighted by Crippen LogP contribution is -2.21. The summed E-state index contributed by atoms with van der Waals surface area (Å²) in [5, 5.41) is 0. The fourth-order valence-electron chi connectivity index (χ4n) is 5.18. The Morgan fingerprint density at radius 2 is 0.857 bits per heavy atom. The van der Waals surface area contributed by atoms with E-state index < -0.39 is 10.3 Å². The van der Waals surface area contributed by atoms with Crippen molar-refractivity contribution in [3.8, 4) is 34.5 Å². The van der Waals surface area contributed by atoms with Crippen molar-refractivity contribution < 1.29 is 37.4 Å². The topological polar surface area (TPSA) is 81.7 Å². The molecule has 0 bridgehead atoms. The first-order valence-corrected chi connectivity index (χ1v) is 19.1. The second-order valence-corrected chi connectivity index (χ2v) is 16.1. The SMILES string of the molecule is CCCC(=O)OS(c1ccccc1)(c1c(OC(C)C)cc(OC(C)C)cc1OC(C)C)c1c(OC(C)C)cc(OC(C)C)cc1OC(C)C. The van der Waals surface area contributed by atoms with E-state index >= 15 is 0 Å². The van der Waals surface area contributed by atoms with E-state index in [-0.39, 0.29) is 49.0 Å². The molecule has 3 aromatic carbocycles. The molecule has 0 fully saturated rings. The van der Waals surface area contributed by atoms with E-state index in [2.05, 4.69) is 0 Å². The maximum absolute atomic E-state index is 14.1. The van der Waals surface area contributed by atoms with Gasteiger partial charge in [0.15, 0.2) is 0 Å². The van der Waals surface area contributed by atoms with Crippen LogP contribution < -0.4 is 28.4 Å². The van der Waals surface area contributed by atoms with E-state index in [1.54, 1.807) is 0 Å². The minimum Gasteiger partial charge on any atom is -0.491 e. The number of carbonyl (C=O) groups excluding carboxylic acids is 1. The Hall–Kier alpha value is -3.72. The average molecular weight is 699 g/mol. The molecule has 0 aliphatic heterocycles. The van der Waals surface area contributed by atoms with Crippen LogP contribution in [0.15, 0.2) is 69.3 Å². The van der Waals surface area contributed by atoms with Crippen molar-refractivity contribution in [2.24, 2.45) is 0 Å². The van der Waals surface area contributed by atoms with Crippen molar-refractivity contribution in [1.29, 1.82) is 0 Å². The molecular formula is C40H58O8S. The zero-order valence-corrected chi connectivity index (χ0v) is 32.6. The molecule has 0 saturated heterocycles. The molecule has 9 heteroatoms. The third-order valence-electron chi connectivity index (χ3n) is 6.50. The molecule has 0 unspecified atom stereocenters. The molecule has 0 N–H and O–H groups in total. The lowest BCUT2D eigenvalue weighted by Gasteiger charge is -2.43. The molecule has 0 aliphatic carbocycles. The first-order chi connectivity index (χ1) is 23.1. The summed E-state index contributed by atoms with van der Waals surface area (Å²) in [6.07, 6.45) is -0.366. The summed E-state index contributed by atoms with van der Waals surface area (Å²) in [6.45, 7) is 25.5. The lowest BCUT2D eigenvalue weighted by molar-refractivity contribution is -0.133. The second-order valence-electron chi connectivity index (χ2n) is 13.6. The van der Waals surface area contributed by atoms with E-state index in [9.17, 15) is 4.79 Å². The van der Waals surface area contributed by atoms with E-state index in [4.69, 9.17) is 32.6 Å². The smallest absolute Gasteiger partial charge is 0.317 e. The monoisotopic (exact) mass is 698 g/mol. The molecule has 0 aromatic heterocycles. The van der Waals surface area contributed by atoms with Crippen molar-refractivity contribution in [3.05, 3.63) is 54.6 Å². The Labute approximate surface area is 296 Å². The average Bonchev–Trinajstić information content (AvgIpc) is 2.95. The highest BCUT2D eigenvalue weighted by Gasteiger charge is 2.46. The van der Waals surface area contributed by atoms with E-state index in [0.29, 0.717) is 50.7 Å². The Morgan fingerprint density at radius 3 is 1.14 bits per heavy atom. The van der Waals surface area contributed by atoms with E-state index in [1.165, 1.54) is 0 Å². The first kappa shape index (κ1) is 39.7. The number of rotatable bonds is 18. The maximum atomic E-state index is 14.1. The highest BCUT2D eigenvalue weighted by atomic mass is 32.3. The molecule has 272 valence electrons. The van der Waals surface area contributed by atoms with Gasteiger partial charge in [-0.3, -0.25) is 4.79 Å². The summed E-state index contributed by atoms with van der Waals surface area (Å²) in [6, 6.07) is 17.2. The third-order valence-corrected chi connectivity index (χ3v) is 9.83. The highest BCUT2D eigenvalue weighted by molar-refractivity contribution is 8.30. The van der Waals surface area contributed by atoms with Crippen LogP contribution in [0.2, 0.25) is 0 Å². The minimum atomic E-state index is -3.11. The van der Waals surface area contributed by atoms with Crippen LogP contribution in [0.5, 0.6) is 34.5 Å². The van der Waals surface area contributed by atoms with Crippen molar-refractivity contribution in [3.63, 3.8) is 0 Å². The second kappa shape index (κ2) is 17.8. The summed E-state index contributed by atoms with van der Waals surface area (Å²) in [4.78, 5) is 16.0. The van der Waals surface area contributed by atoms with Crippen LogP contribution in [-0.2, 0) is 8.98 Å². The zero-order chi connectivity index (χ0) is 36.5. The predicted octanol–water partition coefficient (Wildman–Crippen LogP) is 10.9. The van der Waals surface area contributed by atoms with Gasteiger partial charge in [-0.15, -0.1) is 0 Å². The Balaban J connectivity index is 2.77. The van der Waals surface area contributed by atoms with Gasteiger partial charge in [0.1, 0.15) is 44.3 Å². The van der Waals surface area contributed by atoms with Crippen LogP contribution >= 0.6 is 10.3 Å². The van der Waals surface area contributed by atoms with Crippen LogP contribution in [0.4, 0.5) is 0 Å². The van der Waals surface area contributed by atoms with Gasteiger partial charge in [-0.25, -0.2) is 0 Å². The Bertz CT molecular complexity index is 1350. The molecule has 0 aliphatic rings. The largest absolute Gasteiger partial charge is 0.491 e. The van der Waals surface area contributed by atoms with Gasteiger partial charge >= 0.3 is 5.97 Å². The van der Waals surface area contributed by atoms with E-state index in [1.807, 2.05) is 145 Å². The number of hydrogen-bond acceptors (Lipinski definition) is 8. The summed E-state index contributed by atoms with van der Waals surface area (Å²) >= 11 is 0. The van der Waals surface area contributed by atoms with Gasteiger partial charge in [0.05, 0.1) is 36.6 Å². The molecule has 0 saturated carbocycles.